The third-order valence-electron chi connectivity index (χ3n) is 5.44. The fourth-order valence-corrected chi connectivity index (χ4v) is 5.22. The summed E-state index contributed by atoms with van der Waals surface area (Å²) >= 11 is 6.02. The number of halogens is 1. The van der Waals surface area contributed by atoms with Crippen LogP contribution >= 0.6 is 11.6 Å². The van der Waals surface area contributed by atoms with Gasteiger partial charge in [-0.2, -0.15) is 4.31 Å². The van der Waals surface area contributed by atoms with Gasteiger partial charge in [0.05, 0.1) is 29.0 Å². The third-order valence-corrected chi connectivity index (χ3v) is 7.46. The van der Waals surface area contributed by atoms with Crippen LogP contribution in [-0.4, -0.2) is 49.1 Å². The molecule has 0 unspecified atom stereocenters. The average Bonchev–Trinajstić information content (AvgIpc) is 3.28. The number of hydrogen-bond donors (Lipinski definition) is 3. The van der Waals surface area contributed by atoms with E-state index in [0.29, 0.717) is 12.8 Å². The summed E-state index contributed by atoms with van der Waals surface area (Å²) in [6, 6.07) is 1.44. The lowest BCUT2D eigenvalue weighted by atomic mass is 10.0. The van der Waals surface area contributed by atoms with Crippen LogP contribution in [0.2, 0.25) is 5.02 Å². The summed E-state index contributed by atoms with van der Waals surface area (Å²) in [7, 11) is -5.93. The number of nitrogens with one attached hydrogen (secondary N) is 2. The molecule has 3 rings (SSSR count). The minimum atomic E-state index is -5.93. The largest absolute Gasteiger partial charge is 0.504 e. The Morgan fingerprint density at radius 2 is 1.94 bits per heavy atom. The Kier molecular flexibility index (Phi) is 4.54. The van der Waals surface area contributed by atoms with Gasteiger partial charge in [0.15, 0.2) is 5.75 Å². The predicted molar refractivity (Wildman–Crippen MR) is 129 cm³/mol. The lowest BCUT2D eigenvalue weighted by molar-refractivity contribution is 0.0438. The van der Waals surface area contributed by atoms with Gasteiger partial charge in [-0.15, -0.1) is 0 Å². The molecule has 3 N–H and O–H groups in total. The minimum Gasteiger partial charge on any atom is -0.504 e. The maximum absolute atomic E-state index is 13.7. The number of aromatic hydroxyl groups is 1. The van der Waals surface area contributed by atoms with E-state index in [4.69, 9.17) is 30.0 Å². The second-order valence-corrected chi connectivity index (χ2v) is 9.65. The smallest absolute Gasteiger partial charge is 0.253 e. The number of phenols is 1. The molecule has 0 amide bonds. The minimum absolute atomic E-state index is 0.00918. The molecule has 0 bridgehead atoms. The van der Waals surface area contributed by atoms with Gasteiger partial charge in [-0.1, -0.05) is 32.2 Å². The second-order valence-electron chi connectivity index (χ2n) is 7.52. The lowest BCUT2D eigenvalue weighted by Gasteiger charge is -2.26. The van der Waals surface area contributed by atoms with Crippen LogP contribution in [0.3, 0.4) is 0 Å². The predicted octanol–water partition coefficient (Wildman–Crippen LogP) is 3.17. The van der Waals surface area contributed by atoms with Crippen molar-refractivity contribution in [3.63, 3.8) is 0 Å². The van der Waals surface area contributed by atoms with Gasteiger partial charge in [0.25, 0.3) is 10.9 Å². The first-order valence-corrected chi connectivity index (χ1v) is 11.8. The van der Waals surface area contributed by atoms with Gasteiger partial charge in [-0.05, 0) is 38.3 Å². The molecule has 182 valence electrons. The van der Waals surface area contributed by atoms with Crippen molar-refractivity contribution in [1.82, 2.24) is 4.31 Å². The highest BCUT2D eigenvalue weighted by molar-refractivity contribution is 7.89. The second kappa shape index (κ2) is 10.0. The van der Waals surface area contributed by atoms with Gasteiger partial charge in [-0.25, -0.2) is 8.42 Å². The molecule has 0 aliphatic carbocycles. The molecule has 0 aromatic heterocycles. The molecule has 1 saturated heterocycles. The first kappa shape index (κ1) is 15.0. The van der Waals surface area contributed by atoms with E-state index in [9.17, 15) is 23.1 Å². The maximum Gasteiger partial charge on any atom is 0.253 e. The lowest BCUT2D eigenvalue weighted by Crippen LogP contribution is -2.42. The van der Waals surface area contributed by atoms with Crippen molar-refractivity contribution < 1.29 is 32.0 Å². The van der Waals surface area contributed by atoms with Gasteiger partial charge in [-0.3, -0.25) is 9.59 Å². The molecular formula is C22H30ClN3O6S. The average molecular weight is 510 g/mol. The number of ether oxygens (including phenoxy) is 1. The van der Waals surface area contributed by atoms with E-state index in [1.807, 2.05) is 13.8 Å². The molecule has 3 atom stereocenters. The highest BCUT2D eigenvalue weighted by atomic mass is 35.5. The van der Waals surface area contributed by atoms with Crippen LogP contribution in [0.5, 0.6) is 5.75 Å². The zero-order valence-corrected chi connectivity index (χ0v) is 19.3. The molecule has 0 spiro atoms. The maximum atomic E-state index is 13.7. The summed E-state index contributed by atoms with van der Waals surface area (Å²) in [5.74, 6) is -1.33. The monoisotopic (exact) mass is 509 g/mol. The molecular weight excluding hydrogens is 470 g/mol. The molecule has 1 heterocycles. The summed E-state index contributed by atoms with van der Waals surface area (Å²) < 4.78 is 109. The van der Waals surface area contributed by atoms with Crippen LogP contribution in [0, 0.1) is 0 Å². The fraction of sp³-hybridized carbons (Fsp3) is 0.545. The van der Waals surface area contributed by atoms with Crippen molar-refractivity contribution in [1.29, 1.82) is 0 Å². The Bertz CT molecular complexity index is 1530. The van der Waals surface area contributed by atoms with Gasteiger partial charge >= 0.3 is 0 Å². The third kappa shape index (κ3) is 4.75. The number of phenolic OH excluding ortho intramolecular Hbond substituents is 1. The highest BCUT2D eigenvalue weighted by Gasteiger charge is 2.33. The first-order valence-electron chi connectivity index (χ1n) is 15.0. The quantitative estimate of drug-likeness (QED) is 0.329. The van der Waals surface area contributed by atoms with Crippen LogP contribution < -0.4 is 21.5 Å². The van der Waals surface area contributed by atoms with E-state index in [1.54, 1.807) is 0 Å². The number of sulfonamides is 1. The molecule has 2 aromatic rings. The number of benzene rings is 1. The van der Waals surface area contributed by atoms with Gasteiger partial charge < -0.3 is 20.5 Å². The molecule has 0 radical (unpaired) electrons. The molecule has 0 saturated carbocycles. The van der Waals surface area contributed by atoms with Gasteiger partial charge in [0, 0.05) is 26.7 Å². The van der Waals surface area contributed by atoms with Crippen molar-refractivity contribution in [2.45, 2.75) is 70.0 Å². The number of hydrogen-bond acceptors (Lipinski definition) is 8. The highest BCUT2D eigenvalue weighted by Crippen LogP contribution is 2.40. The molecule has 1 fully saturated rings. The van der Waals surface area contributed by atoms with E-state index in [0.717, 1.165) is 18.6 Å². The standard InChI is InChI=1S/C22H30ClN3O6S/c1-5-14(16-11-8-12(4)32-16)24-17-18(21(29)20(17)28)25-15-10-9-13(23)22(19(15)27)33(30,31)26(6-2)7-3/h9-10,12,14,16,24-25,27H,5-8,11H2,1-4H3/t12-,14-,16-/m1/s1/i2D3,3D3,6D2,7D2. The van der Waals surface area contributed by atoms with E-state index in [1.165, 1.54) is 0 Å². The van der Waals surface area contributed by atoms with Crippen LogP contribution in [0.25, 0.3) is 0 Å². The van der Waals surface area contributed by atoms with Gasteiger partial charge in [0.2, 0.25) is 10.0 Å². The Balaban J connectivity index is 2.13. The molecule has 2 aromatic carbocycles. The van der Waals surface area contributed by atoms with Crippen molar-refractivity contribution in [2.75, 3.05) is 23.6 Å². The SMILES string of the molecule is [2H]C([2H])([2H])C([2H])([2H])N(C([2H])([2H])C([2H])([2H])[2H])S(=O)(=O)c1c(Cl)ccc(Nc2c(N[C@H](CC)[C@H]3CC[C@@H](C)O3)c(=O)c2=O)c1O. The first-order chi connectivity index (χ1) is 19.4. The molecule has 11 heteroatoms. The van der Waals surface area contributed by atoms with E-state index < -0.39 is 73.2 Å². The summed E-state index contributed by atoms with van der Waals surface area (Å²) in [6.45, 7) is -12.5. The van der Waals surface area contributed by atoms with Crippen molar-refractivity contribution in [3.8, 4) is 5.75 Å². The summed E-state index contributed by atoms with van der Waals surface area (Å²) in [5.41, 5.74) is -3.08. The Morgan fingerprint density at radius 1 is 1.27 bits per heavy atom. The van der Waals surface area contributed by atoms with E-state index >= 15 is 0 Å². The van der Waals surface area contributed by atoms with E-state index in [-0.39, 0.29) is 29.6 Å². The van der Waals surface area contributed by atoms with Gasteiger partial charge in [0.1, 0.15) is 16.3 Å². The topological polar surface area (TPSA) is 125 Å². The Morgan fingerprint density at radius 3 is 2.52 bits per heavy atom. The zero-order chi connectivity index (χ0) is 33.1. The Labute approximate surface area is 212 Å². The normalized spacial score (nSPS) is 25.9. The Hall–Kier alpha value is -2.14. The molecule has 1 aliphatic heterocycles. The van der Waals surface area contributed by atoms with Crippen LogP contribution in [0.4, 0.5) is 17.1 Å². The number of anilines is 3. The number of nitrogens with zero attached hydrogens (tertiary/aromatic N) is 1. The van der Waals surface area contributed by atoms with Crippen molar-refractivity contribution in [3.05, 3.63) is 37.6 Å². The van der Waals surface area contributed by atoms with Crippen LogP contribution in [0.1, 0.15) is 60.5 Å². The summed E-state index contributed by atoms with van der Waals surface area (Å²) in [4.78, 5) is 23.5. The molecule has 33 heavy (non-hydrogen) atoms. The molecule has 9 nitrogen and oxygen atoms in total. The van der Waals surface area contributed by atoms with Crippen LogP contribution in [-0.2, 0) is 14.8 Å². The number of rotatable bonds is 10. The van der Waals surface area contributed by atoms with E-state index in [2.05, 4.69) is 10.6 Å². The summed E-state index contributed by atoms with van der Waals surface area (Å²) in [5, 5.41) is 15.5. The molecule has 1 aliphatic rings. The van der Waals surface area contributed by atoms with Crippen molar-refractivity contribution >= 4 is 38.7 Å². The summed E-state index contributed by atoms with van der Waals surface area (Å²) in [6.07, 6.45) is 1.69. The fourth-order valence-electron chi connectivity index (χ4n) is 3.69. The zero-order valence-electron chi connectivity index (χ0n) is 27.7. The van der Waals surface area contributed by atoms with Crippen molar-refractivity contribution in [2.24, 2.45) is 0 Å². The van der Waals surface area contributed by atoms with Crippen LogP contribution in [0.15, 0.2) is 26.6 Å².